The quantitative estimate of drug-likeness (QED) is 0.698. The van der Waals surface area contributed by atoms with Crippen molar-refractivity contribution in [1.29, 1.82) is 0 Å². The van der Waals surface area contributed by atoms with E-state index in [1.54, 1.807) is 0 Å². The molecule has 2 heterocycles. The van der Waals surface area contributed by atoms with Gasteiger partial charge in [-0.05, 0) is 6.07 Å². The minimum absolute atomic E-state index is 0.416. The number of nitrogens with one attached hydrogen (secondary N) is 1. The van der Waals surface area contributed by atoms with Gasteiger partial charge >= 0.3 is 0 Å². The topological polar surface area (TPSA) is 27.6 Å². The highest BCUT2D eigenvalue weighted by Crippen LogP contribution is 2.46. The molecule has 3 rings (SSSR count). The Morgan fingerprint density at radius 3 is 2.87 bits per heavy atom. The Morgan fingerprint density at radius 2 is 2.00 bits per heavy atom. The molecular formula is C11H15N3S. The van der Waals surface area contributed by atoms with E-state index in [0.29, 0.717) is 0 Å². The number of benzene rings is 1. The number of fused-ring (bicyclic) bond motifs is 1. The zero-order valence-electron chi connectivity index (χ0n) is 8.56. The summed E-state index contributed by atoms with van der Waals surface area (Å²) in [6.07, 6.45) is 2.03. The van der Waals surface area contributed by atoms with Crippen LogP contribution in [0.5, 0.6) is 0 Å². The Labute approximate surface area is 92.8 Å². The SMILES string of the molecule is C1=N[SH](N2CCNCC2)c2ccccc21. The maximum absolute atomic E-state index is 4.67. The molecule has 1 aromatic rings. The third-order valence-electron chi connectivity index (χ3n) is 2.82. The van der Waals surface area contributed by atoms with Gasteiger partial charge in [0, 0.05) is 42.9 Å². The Hall–Kier alpha value is -0.840. The first-order valence-electron chi connectivity index (χ1n) is 5.34. The fraction of sp³-hybridized carbons (Fsp3) is 0.364. The lowest BCUT2D eigenvalue weighted by molar-refractivity contribution is 0.392. The van der Waals surface area contributed by atoms with E-state index in [2.05, 4.69) is 38.3 Å². The fourth-order valence-electron chi connectivity index (χ4n) is 2.03. The first-order valence-corrected chi connectivity index (χ1v) is 6.58. The predicted molar refractivity (Wildman–Crippen MR) is 65.7 cm³/mol. The molecule has 0 amide bonds. The number of hydrogen-bond donors (Lipinski definition) is 2. The molecule has 1 unspecified atom stereocenters. The number of hydrogen-bond acceptors (Lipinski definition) is 3. The van der Waals surface area contributed by atoms with Crippen molar-refractivity contribution in [2.45, 2.75) is 4.90 Å². The predicted octanol–water partition coefficient (Wildman–Crippen LogP) is 1.21. The van der Waals surface area contributed by atoms with Gasteiger partial charge in [0.2, 0.25) is 0 Å². The van der Waals surface area contributed by atoms with E-state index < -0.39 is 11.3 Å². The molecule has 2 aliphatic rings. The summed E-state index contributed by atoms with van der Waals surface area (Å²) in [4.78, 5) is 1.43. The van der Waals surface area contributed by atoms with Gasteiger partial charge in [0.1, 0.15) is 0 Å². The molecule has 0 spiro atoms. The molecular weight excluding hydrogens is 206 g/mol. The van der Waals surface area contributed by atoms with Gasteiger partial charge in [0.05, 0.1) is 0 Å². The van der Waals surface area contributed by atoms with E-state index in [-0.39, 0.29) is 0 Å². The van der Waals surface area contributed by atoms with Gasteiger partial charge in [-0.25, -0.2) is 8.70 Å². The number of rotatable bonds is 1. The van der Waals surface area contributed by atoms with Gasteiger partial charge in [-0.2, -0.15) is 0 Å². The molecule has 3 nitrogen and oxygen atoms in total. The second kappa shape index (κ2) is 3.96. The van der Waals surface area contributed by atoms with Gasteiger partial charge in [-0.15, -0.1) is 0 Å². The van der Waals surface area contributed by atoms with Crippen LogP contribution in [0.25, 0.3) is 0 Å². The third-order valence-corrected chi connectivity index (χ3v) is 4.93. The Bertz CT molecular complexity index is 385. The van der Waals surface area contributed by atoms with Crippen LogP contribution in [-0.4, -0.2) is 36.7 Å². The van der Waals surface area contributed by atoms with Crippen LogP contribution in [0.4, 0.5) is 0 Å². The molecule has 0 aromatic heterocycles. The normalized spacial score (nSPS) is 27.9. The Balaban J connectivity index is 1.86. The maximum atomic E-state index is 4.67. The van der Waals surface area contributed by atoms with Crippen LogP contribution in [0.2, 0.25) is 0 Å². The van der Waals surface area contributed by atoms with Crippen molar-refractivity contribution in [3.05, 3.63) is 29.8 Å². The van der Waals surface area contributed by atoms with Crippen LogP contribution in [0.1, 0.15) is 5.56 Å². The van der Waals surface area contributed by atoms with E-state index in [9.17, 15) is 0 Å². The monoisotopic (exact) mass is 221 g/mol. The first kappa shape index (κ1) is 9.39. The first-order chi connectivity index (χ1) is 7.45. The highest BCUT2D eigenvalue weighted by atomic mass is 32.2. The molecule has 0 saturated carbocycles. The van der Waals surface area contributed by atoms with Gasteiger partial charge in [-0.1, -0.05) is 29.5 Å². The second-order valence-corrected chi connectivity index (χ2v) is 5.65. The van der Waals surface area contributed by atoms with Crippen molar-refractivity contribution in [1.82, 2.24) is 9.62 Å². The minimum Gasteiger partial charge on any atom is -0.314 e. The molecule has 1 N–H and O–H groups in total. The zero-order valence-corrected chi connectivity index (χ0v) is 9.45. The van der Waals surface area contributed by atoms with Gasteiger partial charge in [0.25, 0.3) is 0 Å². The molecule has 15 heavy (non-hydrogen) atoms. The van der Waals surface area contributed by atoms with Crippen molar-refractivity contribution in [3.63, 3.8) is 0 Å². The number of thiol groups is 1. The maximum Gasteiger partial charge on any atom is 0.0431 e. The fourth-order valence-corrected chi connectivity index (χ4v) is 4.00. The van der Waals surface area contributed by atoms with Gasteiger partial charge < -0.3 is 5.32 Å². The van der Waals surface area contributed by atoms with Crippen molar-refractivity contribution < 1.29 is 0 Å². The van der Waals surface area contributed by atoms with Gasteiger partial charge in [0.15, 0.2) is 0 Å². The summed E-state index contributed by atoms with van der Waals surface area (Å²) in [5.74, 6) is 0. The van der Waals surface area contributed by atoms with Crippen molar-refractivity contribution in [2.75, 3.05) is 26.2 Å². The van der Waals surface area contributed by atoms with Crippen LogP contribution in [0, 0.1) is 0 Å². The second-order valence-electron chi connectivity index (χ2n) is 3.80. The van der Waals surface area contributed by atoms with Crippen molar-refractivity contribution in [2.24, 2.45) is 4.40 Å². The Kier molecular flexibility index (Phi) is 2.48. The summed E-state index contributed by atoms with van der Waals surface area (Å²) in [5, 5.41) is 3.38. The molecule has 0 aliphatic carbocycles. The largest absolute Gasteiger partial charge is 0.314 e. The van der Waals surface area contributed by atoms with E-state index in [1.165, 1.54) is 10.5 Å². The average molecular weight is 221 g/mol. The highest BCUT2D eigenvalue weighted by molar-refractivity contribution is 8.14. The van der Waals surface area contributed by atoms with E-state index >= 15 is 0 Å². The third kappa shape index (κ3) is 1.69. The van der Waals surface area contributed by atoms with Crippen LogP contribution in [-0.2, 0) is 0 Å². The highest BCUT2D eigenvalue weighted by Gasteiger charge is 2.22. The van der Waals surface area contributed by atoms with Crippen LogP contribution in [0.3, 0.4) is 0 Å². The molecule has 1 saturated heterocycles. The average Bonchev–Trinajstić information content (AvgIpc) is 2.74. The lowest BCUT2D eigenvalue weighted by Gasteiger charge is -2.33. The van der Waals surface area contributed by atoms with Crippen LogP contribution >= 0.6 is 11.3 Å². The van der Waals surface area contributed by atoms with E-state index in [0.717, 1.165) is 26.2 Å². The van der Waals surface area contributed by atoms with E-state index in [4.69, 9.17) is 0 Å². The lowest BCUT2D eigenvalue weighted by atomic mass is 10.2. The van der Waals surface area contributed by atoms with Crippen LogP contribution < -0.4 is 5.32 Å². The summed E-state index contributed by atoms with van der Waals surface area (Å²) in [5.41, 5.74) is 1.31. The van der Waals surface area contributed by atoms with Gasteiger partial charge in [-0.3, -0.25) is 0 Å². The lowest BCUT2D eigenvalue weighted by Crippen LogP contribution is -2.41. The molecule has 0 radical (unpaired) electrons. The molecule has 4 heteroatoms. The van der Waals surface area contributed by atoms with Crippen molar-refractivity contribution in [3.8, 4) is 0 Å². The molecule has 80 valence electrons. The molecule has 0 bridgehead atoms. The molecule has 1 aromatic carbocycles. The molecule has 2 aliphatic heterocycles. The smallest absolute Gasteiger partial charge is 0.0431 e. The molecule has 1 atom stereocenters. The van der Waals surface area contributed by atoms with E-state index in [1.807, 2.05) is 6.21 Å². The standard InChI is InChI=1S/C11H15N3S/c1-2-4-11-10(3-1)9-13-15(11)14-7-5-12-6-8-14/h1-4,9,12,15H,5-8H2. The number of nitrogens with zero attached hydrogens (tertiary/aromatic N) is 2. The molecule has 1 fully saturated rings. The number of piperazine rings is 1. The van der Waals surface area contributed by atoms with Crippen LogP contribution in [0.15, 0.2) is 33.6 Å². The summed E-state index contributed by atoms with van der Waals surface area (Å²) in [6, 6.07) is 8.58. The summed E-state index contributed by atoms with van der Waals surface area (Å²) >= 11 is -0.416. The summed E-state index contributed by atoms with van der Waals surface area (Å²) < 4.78 is 7.17. The summed E-state index contributed by atoms with van der Waals surface area (Å²) in [6.45, 7) is 4.43. The Morgan fingerprint density at radius 1 is 1.20 bits per heavy atom. The minimum atomic E-state index is -0.416. The summed E-state index contributed by atoms with van der Waals surface area (Å²) in [7, 11) is 0. The van der Waals surface area contributed by atoms with Crippen molar-refractivity contribution >= 4 is 17.5 Å². The zero-order chi connectivity index (χ0) is 10.1.